The van der Waals surface area contributed by atoms with Crippen molar-refractivity contribution in [3.8, 4) is 0 Å². The van der Waals surface area contributed by atoms with Gasteiger partial charge in [0.1, 0.15) is 48.3 Å². The van der Waals surface area contributed by atoms with E-state index in [1.807, 2.05) is 16.0 Å². The Morgan fingerprint density at radius 2 is 0.704 bits per heavy atom. The monoisotopic (exact) mass is 1020 g/mol. The highest BCUT2D eigenvalue weighted by molar-refractivity contribution is 6.01. The Kier molecular flexibility index (Phi) is 27.7. The molecule has 0 aromatic carbocycles. The first-order valence-electron chi connectivity index (χ1n) is 22.5. The number of carbonyl (C=O) groups is 14. The zero-order chi connectivity index (χ0) is 55.0. The first-order valence-corrected chi connectivity index (χ1v) is 22.5. The van der Waals surface area contributed by atoms with Crippen molar-refractivity contribution in [3.05, 3.63) is 0 Å². The highest BCUT2D eigenvalue weighted by atomic mass is 16.4. The van der Waals surface area contributed by atoms with Crippen molar-refractivity contribution in [1.29, 1.82) is 0 Å². The number of nitrogens with two attached hydrogens (primary N) is 3. The van der Waals surface area contributed by atoms with Crippen molar-refractivity contribution in [1.82, 2.24) is 42.5 Å². The van der Waals surface area contributed by atoms with E-state index in [9.17, 15) is 82.4 Å². The van der Waals surface area contributed by atoms with E-state index in [1.165, 1.54) is 6.92 Å². The van der Waals surface area contributed by atoms with Crippen LogP contribution in [0.1, 0.15) is 106 Å². The van der Waals surface area contributed by atoms with Gasteiger partial charge in [0.05, 0.1) is 31.7 Å². The number of hydrogen-bond acceptors (Lipinski definition) is 15. The van der Waals surface area contributed by atoms with Gasteiger partial charge in [0.2, 0.25) is 59.1 Å². The Balaban J connectivity index is 6.77. The van der Waals surface area contributed by atoms with Crippen molar-refractivity contribution in [2.24, 2.45) is 35.0 Å². The Morgan fingerprint density at radius 3 is 1.04 bits per heavy atom. The van der Waals surface area contributed by atoms with Gasteiger partial charge < -0.3 is 80.2 Å². The second-order valence-corrected chi connectivity index (χ2v) is 17.0. The number of rotatable bonds is 34. The molecule has 0 aliphatic rings. The van der Waals surface area contributed by atoms with Crippen LogP contribution in [0.3, 0.4) is 0 Å². The van der Waals surface area contributed by atoms with Gasteiger partial charge in [-0.3, -0.25) is 67.1 Å². The van der Waals surface area contributed by atoms with Gasteiger partial charge in [-0.2, -0.15) is 0 Å². The molecule has 0 aromatic heterocycles. The lowest BCUT2D eigenvalue weighted by atomic mass is 9.95. The minimum atomic E-state index is -2.12. The topological polar surface area (TPSA) is 494 Å². The van der Waals surface area contributed by atoms with Gasteiger partial charge in [0.25, 0.3) is 0 Å². The minimum absolute atomic E-state index is 0.0899. The largest absolute Gasteiger partial charge is 0.481 e. The van der Waals surface area contributed by atoms with Crippen molar-refractivity contribution in [3.63, 3.8) is 0 Å². The molecule has 0 aliphatic carbocycles. The smallest absolute Gasteiger partial charge is 0.325 e. The maximum atomic E-state index is 13.9. The fourth-order valence-electron chi connectivity index (χ4n) is 6.26. The SMILES string of the molecule is CC[C@H](C)[C@H](N)C(=O)N[C@H](C(=O)N[C@@H](CCC(=O)O)C(=O)N[C@@H](CC(=O)O)C(=O)N[C@H](C(=O)N[C@@H](CC(N)=O)C(=O)N[C@@H](CC(=O)O)C(=O)N[C@@H](CC(N)=O)C(=O)N[C@@H](C)C(=O)O)[C@@H](C)CC)[C@@H](C)CC. The summed E-state index contributed by atoms with van der Waals surface area (Å²) in [6.45, 7) is 10.9. The zero-order valence-electron chi connectivity index (χ0n) is 40.5. The quantitative estimate of drug-likeness (QED) is 0.0287. The number of amides is 10. The van der Waals surface area contributed by atoms with Crippen LogP contribution in [-0.2, 0) is 67.1 Å². The first-order chi connectivity index (χ1) is 32.9. The number of carbonyl (C=O) groups excluding carboxylic acids is 10. The number of hydrogen-bond donors (Lipinski definition) is 15. The predicted octanol–water partition coefficient (Wildman–Crippen LogP) is -5.00. The Morgan fingerprint density at radius 1 is 0.394 bits per heavy atom. The lowest BCUT2D eigenvalue weighted by Crippen LogP contribution is -2.62. The minimum Gasteiger partial charge on any atom is -0.481 e. The van der Waals surface area contributed by atoms with Crippen LogP contribution in [0.5, 0.6) is 0 Å². The lowest BCUT2D eigenvalue weighted by Gasteiger charge is -2.30. The molecule has 0 rings (SSSR count). The molecule has 0 spiro atoms. The van der Waals surface area contributed by atoms with Crippen LogP contribution in [-0.4, -0.2) is 158 Å². The van der Waals surface area contributed by atoms with E-state index in [4.69, 9.17) is 22.3 Å². The number of primary amides is 2. The van der Waals surface area contributed by atoms with Crippen LogP contribution < -0.4 is 59.7 Å². The Labute approximate surface area is 408 Å². The Hall–Kier alpha value is -7.46. The molecule has 0 heterocycles. The van der Waals surface area contributed by atoms with E-state index in [0.29, 0.717) is 12.8 Å². The predicted molar refractivity (Wildman–Crippen MR) is 244 cm³/mol. The van der Waals surface area contributed by atoms with Gasteiger partial charge >= 0.3 is 23.9 Å². The molecule has 0 fully saturated rings. The molecule has 0 saturated heterocycles. The summed E-state index contributed by atoms with van der Waals surface area (Å²) in [4.78, 5) is 178. The van der Waals surface area contributed by atoms with Crippen LogP contribution in [0.4, 0.5) is 0 Å². The van der Waals surface area contributed by atoms with Crippen molar-refractivity contribution >= 4 is 82.9 Å². The van der Waals surface area contributed by atoms with E-state index in [-0.39, 0.29) is 12.3 Å². The average molecular weight is 1020 g/mol. The van der Waals surface area contributed by atoms with Gasteiger partial charge in [0, 0.05) is 6.42 Å². The second-order valence-electron chi connectivity index (χ2n) is 17.0. The highest BCUT2D eigenvalue weighted by Crippen LogP contribution is 2.14. The van der Waals surface area contributed by atoms with E-state index in [1.54, 1.807) is 34.6 Å². The molecule has 0 saturated carbocycles. The molecule has 400 valence electrons. The number of carboxylic acids is 4. The fraction of sp³-hybridized carbons (Fsp3) is 0.667. The normalized spacial score (nSPS) is 16.0. The molecule has 0 aromatic rings. The van der Waals surface area contributed by atoms with Gasteiger partial charge in [-0.05, 0) is 31.1 Å². The van der Waals surface area contributed by atoms with Crippen molar-refractivity contribution < 1.29 is 87.5 Å². The standard InChI is InChI=1S/C42H69N11O18/c1-8-17(4)31(45)39(67)53-33(19(6)10-3)40(68)47-21(11-12-28(56)57)34(62)49-25(16-30(60)61)38(66)52-32(18(5)9-2)41(69)51-23(14-27(44)55)36(64)50-24(15-29(58)59)37(65)48-22(13-26(43)54)35(63)46-20(7)42(70)71/h17-25,31-33H,8-16,45H2,1-7H3,(H2,43,54)(H2,44,55)(H,46,63)(H,47,68)(H,48,65)(H,49,62)(H,50,64)(H,51,69)(H,52,66)(H,53,67)(H,56,57)(H,58,59)(H,60,61)(H,70,71)/t17-,18-,19-,20-,21-,22-,23-,24-,25-,31-,32-,33-/m0/s1. The van der Waals surface area contributed by atoms with E-state index in [2.05, 4.69) is 26.6 Å². The van der Waals surface area contributed by atoms with Crippen LogP contribution in [0.2, 0.25) is 0 Å². The van der Waals surface area contributed by atoms with Gasteiger partial charge in [-0.15, -0.1) is 0 Å². The van der Waals surface area contributed by atoms with Gasteiger partial charge in [-0.25, -0.2) is 0 Å². The summed E-state index contributed by atoms with van der Waals surface area (Å²) in [7, 11) is 0. The Bertz CT molecular complexity index is 1990. The van der Waals surface area contributed by atoms with Crippen LogP contribution in [0.15, 0.2) is 0 Å². The molecule has 12 atom stereocenters. The number of carboxylic acid groups (broad SMARTS) is 4. The van der Waals surface area contributed by atoms with E-state index < -0.39 is 188 Å². The second kappa shape index (κ2) is 30.9. The molecule has 10 amide bonds. The summed E-state index contributed by atoms with van der Waals surface area (Å²) in [5.41, 5.74) is 16.5. The third kappa shape index (κ3) is 23.1. The fourth-order valence-corrected chi connectivity index (χ4v) is 6.26. The number of nitrogens with one attached hydrogen (secondary N) is 8. The van der Waals surface area contributed by atoms with Crippen molar-refractivity contribution in [2.45, 2.75) is 161 Å². The van der Waals surface area contributed by atoms with E-state index >= 15 is 0 Å². The molecule has 18 N–H and O–H groups in total. The average Bonchev–Trinajstić information content (AvgIpc) is 3.27. The van der Waals surface area contributed by atoms with Gasteiger partial charge in [-0.1, -0.05) is 60.8 Å². The molecular weight excluding hydrogens is 947 g/mol. The molecule has 0 aliphatic heterocycles. The molecule has 0 radical (unpaired) electrons. The van der Waals surface area contributed by atoms with E-state index in [0.717, 1.165) is 6.92 Å². The molecule has 0 unspecified atom stereocenters. The highest BCUT2D eigenvalue weighted by Gasteiger charge is 2.38. The van der Waals surface area contributed by atoms with Crippen LogP contribution >= 0.6 is 0 Å². The molecule has 29 heteroatoms. The maximum Gasteiger partial charge on any atom is 0.325 e. The summed E-state index contributed by atoms with van der Waals surface area (Å²) in [6, 6.07) is -15.4. The molecular formula is C42H69N11O18. The number of aliphatic carboxylic acids is 4. The molecule has 0 bridgehead atoms. The summed E-state index contributed by atoms with van der Waals surface area (Å²) in [5.74, 6) is -19.9. The third-order valence-electron chi connectivity index (χ3n) is 11.3. The zero-order valence-corrected chi connectivity index (χ0v) is 40.5. The molecule has 71 heavy (non-hydrogen) atoms. The molecule has 29 nitrogen and oxygen atoms in total. The first kappa shape index (κ1) is 63.5. The summed E-state index contributed by atoms with van der Waals surface area (Å²) >= 11 is 0. The van der Waals surface area contributed by atoms with Crippen molar-refractivity contribution in [2.75, 3.05) is 0 Å². The van der Waals surface area contributed by atoms with Crippen LogP contribution in [0.25, 0.3) is 0 Å². The summed E-state index contributed by atoms with van der Waals surface area (Å²) in [6.07, 6.45) is -4.65. The maximum absolute atomic E-state index is 13.9. The van der Waals surface area contributed by atoms with Crippen LogP contribution in [0, 0.1) is 17.8 Å². The van der Waals surface area contributed by atoms with Gasteiger partial charge in [0.15, 0.2) is 0 Å². The third-order valence-corrected chi connectivity index (χ3v) is 11.3. The summed E-state index contributed by atoms with van der Waals surface area (Å²) in [5, 5.41) is 55.3. The summed E-state index contributed by atoms with van der Waals surface area (Å²) < 4.78 is 0. The lowest BCUT2D eigenvalue weighted by molar-refractivity contribution is -0.143.